The molecule has 0 aliphatic rings. The van der Waals surface area contributed by atoms with E-state index in [1.807, 2.05) is 37.3 Å². The van der Waals surface area contributed by atoms with Gasteiger partial charge in [0.05, 0.1) is 28.0 Å². The van der Waals surface area contributed by atoms with E-state index in [0.29, 0.717) is 6.54 Å². The molecule has 0 saturated heterocycles. The summed E-state index contributed by atoms with van der Waals surface area (Å²) >= 11 is 12.8. The van der Waals surface area contributed by atoms with Crippen molar-refractivity contribution in [3.05, 3.63) is 72.0 Å². The van der Waals surface area contributed by atoms with Crippen LogP contribution in [0.25, 0.3) is 10.8 Å². The Morgan fingerprint density at radius 3 is 2.33 bits per heavy atom. The summed E-state index contributed by atoms with van der Waals surface area (Å²) in [6, 6.07) is 15.5. The van der Waals surface area contributed by atoms with Crippen LogP contribution in [-0.4, -0.2) is 73.9 Å². The maximum atomic E-state index is 12.5. The van der Waals surface area contributed by atoms with Crippen molar-refractivity contribution in [3.8, 4) is 5.75 Å². The first kappa shape index (κ1) is 42.1. The van der Waals surface area contributed by atoms with Crippen molar-refractivity contribution >= 4 is 133 Å². The van der Waals surface area contributed by atoms with E-state index in [0.717, 1.165) is 30.0 Å². The van der Waals surface area contributed by atoms with Crippen molar-refractivity contribution < 1.29 is 50.5 Å². The van der Waals surface area contributed by atoms with Crippen molar-refractivity contribution in [1.29, 1.82) is 0 Å². The van der Waals surface area contributed by atoms with Crippen LogP contribution in [0.2, 0.25) is 5.28 Å². The maximum absolute atomic E-state index is 12.5. The van der Waals surface area contributed by atoms with Gasteiger partial charge in [0.1, 0.15) is 26.0 Å². The van der Waals surface area contributed by atoms with Gasteiger partial charge in [0.25, 0.3) is 20.2 Å². The topological polar surface area (TPSA) is 275 Å². The first-order chi connectivity index (χ1) is 26.0. The second kappa shape index (κ2) is 17.8. The van der Waals surface area contributed by atoms with Gasteiger partial charge in [-0.05, 0) is 67.1 Å². The number of benzene rings is 4. The SMILES string of the molecule is CCN(c1ccccc1)c1nc(Cl)nc(Nc2ccc(S(=O)(=O)O)c3cc(SOOO)c(N=Nc4cc(NC(=O)C(Br)CBr)ccc4S(=O)(=O)O)c(O)c23)n1. The lowest BCUT2D eigenvalue weighted by Crippen LogP contribution is -2.23. The summed E-state index contributed by atoms with van der Waals surface area (Å²) in [6.45, 7) is 2.26. The van der Waals surface area contributed by atoms with Gasteiger partial charge in [-0.1, -0.05) is 55.1 Å². The molecule has 55 heavy (non-hydrogen) atoms. The molecular weight excluding hydrogens is 940 g/mol. The van der Waals surface area contributed by atoms with Crippen molar-refractivity contribution in [2.45, 2.75) is 26.4 Å². The number of carbonyl (C=O) groups excluding carboxylic acids is 1. The third-order valence-electron chi connectivity index (χ3n) is 7.26. The largest absolute Gasteiger partial charge is 0.505 e. The third kappa shape index (κ3) is 10.0. The first-order valence-corrected chi connectivity index (χ1v) is 21.1. The average Bonchev–Trinajstić information content (AvgIpc) is 3.12. The molecule has 0 radical (unpaired) electrons. The minimum atomic E-state index is -4.97. The maximum Gasteiger partial charge on any atom is 0.296 e. The van der Waals surface area contributed by atoms with Crippen LogP contribution in [0, 0.1) is 0 Å². The van der Waals surface area contributed by atoms with Gasteiger partial charge < -0.3 is 20.6 Å². The van der Waals surface area contributed by atoms with Crippen LogP contribution in [0.4, 0.5) is 40.3 Å². The quantitative estimate of drug-likeness (QED) is 0.0146. The fourth-order valence-electron chi connectivity index (χ4n) is 4.94. The second-order valence-corrected chi connectivity index (χ2v) is 16.3. The van der Waals surface area contributed by atoms with Gasteiger partial charge in [0.15, 0.2) is 5.75 Å². The predicted molar refractivity (Wildman–Crippen MR) is 209 cm³/mol. The first-order valence-electron chi connectivity index (χ1n) is 15.1. The Labute approximate surface area is 338 Å². The Morgan fingerprint density at radius 2 is 1.69 bits per heavy atom. The highest BCUT2D eigenvalue weighted by Gasteiger charge is 2.25. The minimum Gasteiger partial charge on any atom is -0.505 e. The number of aromatic hydroxyl groups is 1. The Kier molecular flexibility index (Phi) is 13.6. The molecule has 0 fully saturated rings. The Hall–Kier alpha value is -4.08. The number of carbonyl (C=O) groups is 1. The van der Waals surface area contributed by atoms with Crippen LogP contribution in [0.15, 0.2) is 91.6 Å². The van der Waals surface area contributed by atoms with Crippen molar-refractivity contribution in [1.82, 2.24) is 15.0 Å². The van der Waals surface area contributed by atoms with E-state index in [1.165, 1.54) is 12.1 Å². The molecule has 1 heterocycles. The molecule has 1 atom stereocenters. The molecule has 25 heteroatoms. The van der Waals surface area contributed by atoms with E-state index in [9.17, 15) is 35.8 Å². The number of halogens is 3. The van der Waals surface area contributed by atoms with E-state index in [1.54, 1.807) is 4.90 Å². The number of hydrogen-bond donors (Lipinski definition) is 6. The number of phenols is 1. The zero-order chi connectivity index (χ0) is 40.1. The minimum absolute atomic E-state index is 0.0414. The zero-order valence-corrected chi connectivity index (χ0v) is 33.9. The molecule has 290 valence electrons. The van der Waals surface area contributed by atoms with Crippen LogP contribution >= 0.6 is 55.5 Å². The fourth-order valence-corrected chi connectivity index (χ4v) is 7.28. The van der Waals surface area contributed by atoms with Gasteiger partial charge in [-0.2, -0.15) is 31.8 Å². The highest BCUT2D eigenvalue weighted by atomic mass is 79.9. The summed E-state index contributed by atoms with van der Waals surface area (Å²) in [5.41, 5.74) is -0.348. The van der Waals surface area contributed by atoms with Gasteiger partial charge in [-0.25, -0.2) is 5.26 Å². The number of hydrogen-bond acceptors (Lipinski definition) is 17. The number of anilines is 5. The number of para-hydroxylation sites is 1. The van der Waals surface area contributed by atoms with Crippen molar-refractivity contribution in [2.24, 2.45) is 10.2 Å². The molecule has 19 nitrogen and oxygen atoms in total. The summed E-state index contributed by atoms with van der Waals surface area (Å²) in [5.74, 6) is -1.39. The van der Waals surface area contributed by atoms with Gasteiger partial charge in [0.2, 0.25) is 23.1 Å². The molecule has 0 aliphatic heterocycles. The number of fused-ring (bicyclic) bond motifs is 1. The molecule has 5 aromatic rings. The smallest absolute Gasteiger partial charge is 0.296 e. The fraction of sp³-hybridized carbons (Fsp3) is 0.133. The van der Waals surface area contributed by atoms with E-state index < -0.39 is 57.9 Å². The number of azo groups is 1. The number of rotatable bonds is 15. The van der Waals surface area contributed by atoms with Gasteiger partial charge >= 0.3 is 0 Å². The lowest BCUT2D eigenvalue weighted by atomic mass is 10.1. The molecule has 1 amide bonds. The molecule has 4 aromatic carbocycles. The number of alkyl halides is 2. The Morgan fingerprint density at radius 1 is 1.00 bits per heavy atom. The molecule has 6 N–H and O–H groups in total. The molecule has 0 saturated carbocycles. The average molecular weight is 965 g/mol. The van der Waals surface area contributed by atoms with Crippen molar-refractivity contribution in [2.75, 3.05) is 27.4 Å². The van der Waals surface area contributed by atoms with Gasteiger partial charge in [-0.15, -0.1) is 14.6 Å². The molecule has 0 aliphatic carbocycles. The molecular formula is C30H25Br2ClN8O11S3. The lowest BCUT2D eigenvalue weighted by molar-refractivity contribution is -0.432. The predicted octanol–water partition coefficient (Wildman–Crippen LogP) is 7.72. The highest BCUT2D eigenvalue weighted by molar-refractivity contribution is 9.12. The summed E-state index contributed by atoms with van der Waals surface area (Å²) in [6.07, 6.45) is 0. The number of nitrogens with one attached hydrogen (secondary N) is 2. The third-order valence-corrected chi connectivity index (χ3v) is 12.1. The number of phenolic OH excluding ortho intramolecular Hbond substituents is 1. The lowest BCUT2D eigenvalue weighted by Gasteiger charge is -2.21. The second-order valence-electron chi connectivity index (χ2n) is 10.7. The molecule has 5 rings (SSSR count). The normalized spacial score (nSPS) is 12.6. The van der Waals surface area contributed by atoms with E-state index in [4.69, 9.17) is 16.9 Å². The zero-order valence-electron chi connectivity index (χ0n) is 27.5. The summed E-state index contributed by atoms with van der Waals surface area (Å²) in [5, 5.41) is 37.0. The Balaban J connectivity index is 1.71. The van der Waals surface area contributed by atoms with E-state index >= 15 is 0 Å². The molecule has 0 bridgehead atoms. The molecule has 1 aromatic heterocycles. The van der Waals surface area contributed by atoms with E-state index in [-0.39, 0.29) is 61.6 Å². The monoisotopic (exact) mass is 962 g/mol. The van der Waals surface area contributed by atoms with Gasteiger partial charge in [-0.3, -0.25) is 13.9 Å². The molecule has 1 unspecified atom stereocenters. The van der Waals surface area contributed by atoms with Crippen LogP contribution in [0.3, 0.4) is 0 Å². The number of amides is 1. The number of nitrogens with zero attached hydrogens (tertiary/aromatic N) is 6. The van der Waals surface area contributed by atoms with Crippen LogP contribution < -0.4 is 15.5 Å². The van der Waals surface area contributed by atoms with Gasteiger partial charge in [0, 0.05) is 28.6 Å². The summed E-state index contributed by atoms with van der Waals surface area (Å²) < 4.78 is 74.1. The van der Waals surface area contributed by atoms with E-state index in [2.05, 4.69) is 77.0 Å². The summed E-state index contributed by atoms with van der Waals surface area (Å²) in [4.78, 5) is 24.6. The number of aromatic nitrogens is 3. The summed E-state index contributed by atoms with van der Waals surface area (Å²) in [7, 11) is -9.91. The highest BCUT2D eigenvalue weighted by Crippen LogP contribution is 2.48. The van der Waals surface area contributed by atoms with Crippen molar-refractivity contribution in [3.63, 3.8) is 0 Å². The van der Waals surface area contributed by atoms with Crippen LogP contribution in [0.5, 0.6) is 5.75 Å². The standard InChI is InChI=1S/C30H25Br2ClN8O11S3/c1-2-41(16-6-4-3-5-7-16)30-37-28(33)36-29(38-30)35-19-9-11-22(54(45,46)47)17-13-21(53-52-51-44)25(26(42)24(17)19)40-39-20-12-15(34-27(43)18(32)14-31)8-10-23(20)55(48,49)50/h3-13,18,42,44H,2,14H2,1H3,(H,34,43)(H,45,46,47)(H,48,49,50)(H,35,36,37,38). The Bertz CT molecular complexity index is 2510. The molecule has 0 spiro atoms. The van der Waals surface area contributed by atoms with Crippen LogP contribution in [0.1, 0.15) is 6.92 Å². The van der Waals surface area contributed by atoms with Crippen LogP contribution in [-0.2, 0) is 34.4 Å².